The first-order valence-corrected chi connectivity index (χ1v) is 8.33. The lowest BCUT2D eigenvalue weighted by molar-refractivity contribution is -0.182. The third-order valence-electron chi connectivity index (χ3n) is 5.74. The molecule has 0 saturated heterocycles. The SMILES string of the molecule is COC1CC(N(C)C(=O)NCc2ccc(C(=O)O)cc2)C12CCC2. The number of methoxy groups -OCH3 is 1. The van der Waals surface area contributed by atoms with Gasteiger partial charge in [0.1, 0.15) is 0 Å². The van der Waals surface area contributed by atoms with E-state index >= 15 is 0 Å². The molecular weight excluding hydrogens is 308 g/mol. The number of urea groups is 1. The minimum Gasteiger partial charge on any atom is -0.478 e. The van der Waals surface area contributed by atoms with E-state index in [1.807, 2.05) is 7.05 Å². The highest BCUT2D eigenvalue weighted by Crippen LogP contribution is 2.58. The second-order valence-corrected chi connectivity index (χ2v) is 6.83. The Morgan fingerprint density at radius 1 is 1.33 bits per heavy atom. The van der Waals surface area contributed by atoms with Crippen molar-refractivity contribution in [2.24, 2.45) is 5.41 Å². The topological polar surface area (TPSA) is 78.9 Å². The fraction of sp³-hybridized carbons (Fsp3) is 0.556. The van der Waals surface area contributed by atoms with Gasteiger partial charge in [-0.05, 0) is 37.0 Å². The van der Waals surface area contributed by atoms with Gasteiger partial charge in [0.2, 0.25) is 0 Å². The molecule has 0 aliphatic heterocycles. The molecule has 2 aliphatic rings. The molecule has 1 spiro atoms. The number of nitrogens with one attached hydrogen (secondary N) is 1. The lowest BCUT2D eigenvalue weighted by atomic mass is 9.50. The van der Waals surface area contributed by atoms with E-state index in [0.29, 0.717) is 6.54 Å². The minimum atomic E-state index is -0.950. The Labute approximate surface area is 141 Å². The smallest absolute Gasteiger partial charge is 0.335 e. The molecule has 2 fully saturated rings. The summed E-state index contributed by atoms with van der Waals surface area (Å²) < 4.78 is 5.56. The van der Waals surface area contributed by atoms with Crippen LogP contribution in [0.1, 0.15) is 41.6 Å². The Morgan fingerprint density at radius 2 is 2.00 bits per heavy atom. The minimum absolute atomic E-state index is 0.0943. The molecular formula is C18H24N2O4. The van der Waals surface area contributed by atoms with Crippen LogP contribution in [-0.2, 0) is 11.3 Å². The highest BCUT2D eigenvalue weighted by Gasteiger charge is 2.60. The molecule has 0 radical (unpaired) electrons. The second-order valence-electron chi connectivity index (χ2n) is 6.83. The number of carbonyl (C=O) groups excluding carboxylic acids is 1. The maximum Gasteiger partial charge on any atom is 0.335 e. The fourth-order valence-corrected chi connectivity index (χ4v) is 4.05. The van der Waals surface area contributed by atoms with Gasteiger partial charge >= 0.3 is 12.0 Å². The summed E-state index contributed by atoms with van der Waals surface area (Å²) in [5.74, 6) is -0.950. The molecule has 0 heterocycles. The molecule has 2 unspecified atom stereocenters. The van der Waals surface area contributed by atoms with Crippen molar-refractivity contribution >= 4 is 12.0 Å². The predicted molar refractivity (Wildman–Crippen MR) is 88.9 cm³/mol. The standard InChI is InChI=1S/C18H24N2O4/c1-20(14-10-15(24-2)18(14)8-3-9-18)17(23)19-11-12-4-6-13(7-5-12)16(21)22/h4-7,14-15H,3,8-11H2,1-2H3,(H,19,23)(H,21,22). The molecule has 1 aromatic rings. The van der Waals surface area contributed by atoms with Gasteiger partial charge in [-0.1, -0.05) is 18.6 Å². The Balaban J connectivity index is 1.54. The van der Waals surface area contributed by atoms with Crippen molar-refractivity contribution in [3.63, 3.8) is 0 Å². The summed E-state index contributed by atoms with van der Waals surface area (Å²) in [7, 11) is 3.60. The van der Waals surface area contributed by atoms with Crippen LogP contribution in [0.25, 0.3) is 0 Å². The molecule has 2 aliphatic carbocycles. The van der Waals surface area contributed by atoms with E-state index in [1.54, 1.807) is 36.3 Å². The Hall–Kier alpha value is -2.08. The number of hydrogen-bond acceptors (Lipinski definition) is 3. The molecule has 2 saturated carbocycles. The first-order valence-electron chi connectivity index (χ1n) is 8.33. The highest BCUT2D eigenvalue weighted by atomic mass is 16.5. The van der Waals surface area contributed by atoms with Gasteiger partial charge in [0.05, 0.1) is 11.7 Å². The summed E-state index contributed by atoms with van der Waals surface area (Å²) in [6.45, 7) is 0.385. The lowest BCUT2D eigenvalue weighted by Crippen LogP contribution is -2.68. The average Bonchev–Trinajstić information content (AvgIpc) is 2.50. The van der Waals surface area contributed by atoms with Gasteiger partial charge in [0.25, 0.3) is 0 Å². The van der Waals surface area contributed by atoms with Gasteiger partial charge < -0.3 is 20.1 Å². The van der Waals surface area contributed by atoms with Crippen LogP contribution in [0.15, 0.2) is 24.3 Å². The fourth-order valence-electron chi connectivity index (χ4n) is 4.05. The lowest BCUT2D eigenvalue weighted by Gasteiger charge is -2.62. The average molecular weight is 332 g/mol. The van der Waals surface area contributed by atoms with Crippen molar-refractivity contribution in [1.82, 2.24) is 10.2 Å². The van der Waals surface area contributed by atoms with Crippen LogP contribution in [0.5, 0.6) is 0 Å². The summed E-state index contributed by atoms with van der Waals surface area (Å²) in [5.41, 5.74) is 1.28. The number of benzene rings is 1. The van der Waals surface area contributed by atoms with Gasteiger partial charge in [-0.25, -0.2) is 9.59 Å². The monoisotopic (exact) mass is 332 g/mol. The van der Waals surface area contributed by atoms with Crippen LogP contribution in [0.2, 0.25) is 0 Å². The Kier molecular flexibility index (Phi) is 4.49. The Bertz CT molecular complexity index is 624. The first kappa shape index (κ1) is 16.8. The van der Waals surface area contributed by atoms with Crippen molar-refractivity contribution in [2.45, 2.75) is 44.4 Å². The molecule has 3 rings (SSSR count). The van der Waals surface area contributed by atoms with Gasteiger partial charge in [0, 0.05) is 32.2 Å². The first-order chi connectivity index (χ1) is 11.5. The number of hydrogen-bond donors (Lipinski definition) is 2. The van der Waals surface area contributed by atoms with Crippen molar-refractivity contribution in [3.8, 4) is 0 Å². The van der Waals surface area contributed by atoms with E-state index in [0.717, 1.165) is 24.8 Å². The zero-order chi connectivity index (χ0) is 17.3. The number of amides is 2. The summed E-state index contributed by atoms with van der Waals surface area (Å²) in [6.07, 6.45) is 4.64. The van der Waals surface area contributed by atoms with Crippen molar-refractivity contribution in [1.29, 1.82) is 0 Å². The van der Waals surface area contributed by atoms with E-state index in [9.17, 15) is 9.59 Å². The van der Waals surface area contributed by atoms with Crippen molar-refractivity contribution in [3.05, 3.63) is 35.4 Å². The van der Waals surface area contributed by atoms with Gasteiger partial charge in [-0.3, -0.25) is 0 Å². The predicted octanol–water partition coefficient (Wildman–Crippen LogP) is 2.48. The number of aromatic carboxylic acids is 1. The molecule has 24 heavy (non-hydrogen) atoms. The largest absolute Gasteiger partial charge is 0.478 e. The second kappa shape index (κ2) is 6.43. The summed E-state index contributed by atoms with van der Waals surface area (Å²) in [4.78, 5) is 25.1. The zero-order valence-corrected chi connectivity index (χ0v) is 14.1. The summed E-state index contributed by atoms with van der Waals surface area (Å²) in [6, 6.07) is 6.69. The summed E-state index contributed by atoms with van der Waals surface area (Å²) >= 11 is 0. The molecule has 6 heteroatoms. The molecule has 0 aromatic heterocycles. The van der Waals surface area contributed by atoms with E-state index in [4.69, 9.17) is 9.84 Å². The van der Waals surface area contributed by atoms with E-state index < -0.39 is 5.97 Å². The molecule has 6 nitrogen and oxygen atoms in total. The van der Waals surface area contributed by atoms with E-state index in [2.05, 4.69) is 5.32 Å². The van der Waals surface area contributed by atoms with Gasteiger partial charge in [-0.2, -0.15) is 0 Å². The van der Waals surface area contributed by atoms with Crippen LogP contribution in [0, 0.1) is 5.41 Å². The normalized spacial score (nSPS) is 23.9. The maximum absolute atomic E-state index is 12.4. The zero-order valence-electron chi connectivity index (χ0n) is 14.1. The number of carboxylic acid groups (broad SMARTS) is 1. The highest BCUT2D eigenvalue weighted by molar-refractivity contribution is 5.87. The van der Waals surface area contributed by atoms with Crippen LogP contribution >= 0.6 is 0 Å². The third kappa shape index (κ3) is 2.75. The third-order valence-corrected chi connectivity index (χ3v) is 5.74. The maximum atomic E-state index is 12.4. The number of ether oxygens (including phenoxy) is 1. The molecule has 1 aromatic carbocycles. The molecule has 130 valence electrons. The number of nitrogens with zero attached hydrogens (tertiary/aromatic N) is 1. The van der Waals surface area contributed by atoms with Crippen LogP contribution in [-0.4, -0.2) is 48.3 Å². The number of rotatable bonds is 5. The van der Waals surface area contributed by atoms with Crippen LogP contribution in [0.3, 0.4) is 0 Å². The van der Waals surface area contributed by atoms with E-state index in [-0.39, 0.29) is 29.2 Å². The quantitative estimate of drug-likeness (QED) is 0.868. The molecule has 2 amide bonds. The van der Waals surface area contributed by atoms with Crippen molar-refractivity contribution < 1.29 is 19.4 Å². The number of carboxylic acids is 1. The Morgan fingerprint density at radius 3 is 2.50 bits per heavy atom. The van der Waals surface area contributed by atoms with E-state index in [1.165, 1.54) is 6.42 Å². The molecule has 2 atom stereocenters. The summed E-state index contributed by atoms with van der Waals surface area (Å²) in [5, 5.41) is 11.8. The molecule has 2 N–H and O–H groups in total. The van der Waals surface area contributed by atoms with Gasteiger partial charge in [-0.15, -0.1) is 0 Å². The van der Waals surface area contributed by atoms with Gasteiger partial charge in [0.15, 0.2) is 0 Å². The van der Waals surface area contributed by atoms with Crippen LogP contribution < -0.4 is 5.32 Å². The molecule has 0 bridgehead atoms. The van der Waals surface area contributed by atoms with Crippen LogP contribution in [0.4, 0.5) is 4.79 Å². The van der Waals surface area contributed by atoms with Crippen molar-refractivity contribution in [2.75, 3.05) is 14.2 Å². The number of carbonyl (C=O) groups is 2.